The Balaban J connectivity index is 1.40. The number of benzene rings is 2. The average Bonchev–Trinajstić information content (AvgIpc) is 2.78. The van der Waals surface area contributed by atoms with E-state index in [1.54, 1.807) is 32.2 Å². The molecular weight excluding hydrogens is 412 g/mol. The molecule has 2 unspecified atom stereocenters. The van der Waals surface area contributed by atoms with Gasteiger partial charge in [-0.15, -0.1) is 0 Å². The Morgan fingerprint density at radius 2 is 1.70 bits per heavy atom. The van der Waals surface area contributed by atoms with Crippen LogP contribution in [0.4, 0.5) is 0 Å². The third kappa shape index (κ3) is 3.78. The maximum atomic E-state index is 13.7. The fourth-order valence-electron chi connectivity index (χ4n) is 7.32. The number of esters is 1. The van der Waals surface area contributed by atoms with E-state index < -0.39 is 5.41 Å². The summed E-state index contributed by atoms with van der Waals surface area (Å²) in [6, 6.07) is 12.2. The highest BCUT2D eigenvalue weighted by Crippen LogP contribution is 2.66. The molecule has 0 heterocycles. The Bertz CT molecular complexity index is 1100. The molecule has 6 rings (SSSR count). The van der Waals surface area contributed by atoms with Gasteiger partial charge in [0.2, 0.25) is 0 Å². The highest BCUT2D eigenvalue weighted by atomic mass is 16.5. The van der Waals surface area contributed by atoms with Crippen molar-refractivity contribution in [1.82, 2.24) is 0 Å². The number of carbonyl (C=O) groups is 2. The zero-order valence-corrected chi connectivity index (χ0v) is 20.2. The lowest BCUT2D eigenvalue weighted by atomic mass is 9.43. The van der Waals surface area contributed by atoms with Gasteiger partial charge in [-0.2, -0.15) is 0 Å². The first-order valence-electron chi connectivity index (χ1n) is 12.2. The predicted octanol–water partition coefficient (Wildman–Crippen LogP) is 6.10. The van der Waals surface area contributed by atoms with Gasteiger partial charge in [-0.1, -0.05) is 18.2 Å². The summed E-state index contributed by atoms with van der Waals surface area (Å²) in [5.74, 6) is 1.75. The summed E-state index contributed by atoms with van der Waals surface area (Å²) < 4.78 is 11.4. The monoisotopic (exact) mass is 446 g/mol. The molecule has 0 N–H and O–H groups in total. The van der Waals surface area contributed by atoms with Crippen molar-refractivity contribution in [2.75, 3.05) is 7.11 Å². The van der Waals surface area contributed by atoms with Crippen LogP contribution in [0.3, 0.4) is 0 Å². The lowest BCUT2D eigenvalue weighted by Crippen LogP contribution is -2.57. The van der Waals surface area contributed by atoms with Gasteiger partial charge in [0.15, 0.2) is 5.78 Å². The first-order chi connectivity index (χ1) is 15.7. The lowest BCUT2D eigenvalue weighted by Gasteiger charge is -2.61. The molecule has 4 bridgehead atoms. The number of hydrogen-bond acceptors (Lipinski definition) is 4. The summed E-state index contributed by atoms with van der Waals surface area (Å²) in [6.45, 7) is 6.02. The molecule has 33 heavy (non-hydrogen) atoms. The molecule has 2 atom stereocenters. The summed E-state index contributed by atoms with van der Waals surface area (Å²) in [4.78, 5) is 25.5. The highest BCUT2D eigenvalue weighted by Gasteiger charge is 2.61. The van der Waals surface area contributed by atoms with Crippen LogP contribution < -0.4 is 4.74 Å². The van der Waals surface area contributed by atoms with E-state index in [1.807, 2.05) is 0 Å². The summed E-state index contributed by atoms with van der Waals surface area (Å²) in [6.07, 6.45) is 6.40. The Kier molecular flexibility index (Phi) is 5.38. The van der Waals surface area contributed by atoms with Crippen molar-refractivity contribution in [3.63, 3.8) is 0 Å². The molecule has 174 valence electrons. The highest BCUT2D eigenvalue weighted by molar-refractivity contribution is 5.94. The van der Waals surface area contributed by atoms with E-state index in [-0.39, 0.29) is 23.8 Å². The molecule has 4 saturated carbocycles. The minimum absolute atomic E-state index is 0.0124. The Morgan fingerprint density at radius 1 is 0.970 bits per heavy atom. The number of ether oxygens (including phenoxy) is 2. The molecule has 2 aromatic carbocycles. The molecule has 0 aliphatic heterocycles. The van der Waals surface area contributed by atoms with E-state index in [9.17, 15) is 9.59 Å². The summed E-state index contributed by atoms with van der Waals surface area (Å²) in [5.41, 5.74) is 5.10. The maximum Gasteiger partial charge on any atom is 0.312 e. The van der Waals surface area contributed by atoms with Gasteiger partial charge < -0.3 is 9.47 Å². The number of methoxy groups -OCH3 is 1. The van der Waals surface area contributed by atoms with E-state index in [0.717, 1.165) is 24.8 Å². The van der Waals surface area contributed by atoms with Crippen LogP contribution in [0.2, 0.25) is 0 Å². The number of Topliss-reactive ketones (excluding diaryl/α,β-unsaturated/α-hetero) is 1. The number of ketones is 1. The van der Waals surface area contributed by atoms with E-state index in [2.05, 4.69) is 32.0 Å². The molecular formula is C29H34O4. The van der Waals surface area contributed by atoms with Crippen LogP contribution in [0.5, 0.6) is 5.75 Å². The second-order valence-electron chi connectivity index (χ2n) is 11.0. The van der Waals surface area contributed by atoms with Crippen molar-refractivity contribution in [3.8, 4) is 5.75 Å². The second-order valence-corrected chi connectivity index (χ2v) is 11.0. The quantitative estimate of drug-likeness (QED) is 0.398. The summed E-state index contributed by atoms with van der Waals surface area (Å²) in [5, 5.41) is 0. The first-order valence-corrected chi connectivity index (χ1v) is 12.2. The molecule has 2 aromatic rings. The maximum absolute atomic E-state index is 13.7. The van der Waals surface area contributed by atoms with Crippen molar-refractivity contribution < 1.29 is 19.1 Å². The third-order valence-electron chi connectivity index (χ3n) is 8.66. The molecule has 4 heteroatoms. The van der Waals surface area contributed by atoms with Gasteiger partial charge >= 0.3 is 5.97 Å². The van der Waals surface area contributed by atoms with Crippen molar-refractivity contribution in [1.29, 1.82) is 0 Å². The molecule has 4 nitrogen and oxygen atoms in total. The molecule has 0 spiro atoms. The van der Waals surface area contributed by atoms with Gasteiger partial charge in [0, 0.05) is 11.1 Å². The average molecular weight is 447 g/mol. The van der Waals surface area contributed by atoms with Crippen molar-refractivity contribution in [2.24, 2.45) is 17.3 Å². The normalized spacial score (nSPS) is 29.7. The van der Waals surface area contributed by atoms with E-state index in [1.165, 1.54) is 36.0 Å². The van der Waals surface area contributed by atoms with Gasteiger partial charge in [0.05, 0.1) is 12.5 Å². The van der Waals surface area contributed by atoms with E-state index >= 15 is 0 Å². The zero-order valence-electron chi connectivity index (χ0n) is 20.2. The van der Waals surface area contributed by atoms with Gasteiger partial charge in [-0.05, 0) is 111 Å². The molecule has 0 saturated heterocycles. The fraction of sp³-hybridized carbons (Fsp3) is 0.517. The molecule has 0 aromatic heterocycles. The lowest BCUT2D eigenvalue weighted by molar-refractivity contribution is -0.175. The van der Waals surface area contributed by atoms with Crippen molar-refractivity contribution in [3.05, 3.63) is 64.2 Å². The Morgan fingerprint density at radius 3 is 2.33 bits per heavy atom. The largest absolute Gasteiger partial charge is 0.496 e. The number of carbonyl (C=O) groups excluding carboxylic acids is 2. The van der Waals surface area contributed by atoms with Gasteiger partial charge in [0.25, 0.3) is 0 Å². The van der Waals surface area contributed by atoms with Crippen LogP contribution in [0.1, 0.15) is 78.1 Å². The van der Waals surface area contributed by atoms with Crippen LogP contribution in [0, 0.1) is 31.1 Å². The standard InChI is InChI=1S/C29H34O4/c1-18-5-7-25(9-19(18)2)28-12-21-10-22(13-28)15-29(14-21,17-28)27(31)33-16-24-11-23(20(3)30)6-8-26(24)32-4/h5-9,11,21-22H,10,12-17H2,1-4H3. The van der Waals surface area contributed by atoms with E-state index in [4.69, 9.17) is 9.47 Å². The number of aryl methyl sites for hydroxylation is 2. The number of hydrogen-bond donors (Lipinski definition) is 0. The van der Waals surface area contributed by atoms with Crippen LogP contribution in [0.25, 0.3) is 0 Å². The molecule has 4 aliphatic carbocycles. The first kappa shape index (κ1) is 22.2. The van der Waals surface area contributed by atoms with Gasteiger partial charge in [-0.25, -0.2) is 0 Å². The van der Waals surface area contributed by atoms with Crippen LogP contribution in [0.15, 0.2) is 36.4 Å². The minimum Gasteiger partial charge on any atom is -0.496 e. The molecule has 4 aliphatic rings. The minimum atomic E-state index is -0.395. The predicted molar refractivity (Wildman–Crippen MR) is 128 cm³/mol. The van der Waals surface area contributed by atoms with Crippen LogP contribution >= 0.6 is 0 Å². The SMILES string of the molecule is COc1ccc(C(C)=O)cc1COC(=O)C12CC3CC(C1)CC(c1ccc(C)c(C)c1)(C3)C2. The molecule has 0 radical (unpaired) electrons. The van der Waals surface area contributed by atoms with E-state index in [0.29, 0.717) is 23.1 Å². The molecule has 4 fully saturated rings. The topological polar surface area (TPSA) is 52.6 Å². The number of rotatable bonds is 6. The van der Waals surface area contributed by atoms with Crippen LogP contribution in [-0.4, -0.2) is 18.9 Å². The third-order valence-corrected chi connectivity index (χ3v) is 8.66. The van der Waals surface area contributed by atoms with Crippen molar-refractivity contribution >= 4 is 11.8 Å². The van der Waals surface area contributed by atoms with Crippen molar-refractivity contribution in [2.45, 2.75) is 71.3 Å². The molecule has 0 amide bonds. The second kappa shape index (κ2) is 8.00. The summed E-state index contributed by atoms with van der Waals surface area (Å²) >= 11 is 0. The zero-order chi connectivity index (χ0) is 23.4. The van der Waals surface area contributed by atoms with Gasteiger partial charge in [-0.3, -0.25) is 9.59 Å². The smallest absolute Gasteiger partial charge is 0.312 e. The Labute approximate surface area is 196 Å². The Hall–Kier alpha value is -2.62. The summed E-state index contributed by atoms with van der Waals surface area (Å²) in [7, 11) is 1.60. The van der Waals surface area contributed by atoms with Crippen LogP contribution in [-0.2, 0) is 21.6 Å². The fourth-order valence-corrected chi connectivity index (χ4v) is 7.32. The van der Waals surface area contributed by atoms with Gasteiger partial charge in [0.1, 0.15) is 12.4 Å².